The van der Waals surface area contributed by atoms with Gasteiger partial charge in [-0.2, -0.15) is 13.2 Å². The van der Waals surface area contributed by atoms with Crippen LogP contribution in [0.25, 0.3) is 10.9 Å². The average Bonchev–Trinajstić information content (AvgIpc) is 2.79. The van der Waals surface area contributed by atoms with E-state index in [9.17, 15) is 22.8 Å². The molecule has 8 nitrogen and oxygen atoms in total. The Morgan fingerprint density at radius 1 is 1.09 bits per heavy atom. The Balaban J connectivity index is 1.22. The van der Waals surface area contributed by atoms with E-state index in [4.69, 9.17) is 0 Å². The van der Waals surface area contributed by atoms with Gasteiger partial charge in [-0.25, -0.2) is 9.97 Å². The molecule has 11 heteroatoms. The molecule has 2 fully saturated rings. The molecule has 0 spiro atoms. The van der Waals surface area contributed by atoms with Gasteiger partial charge >= 0.3 is 6.18 Å². The summed E-state index contributed by atoms with van der Waals surface area (Å²) < 4.78 is 39.2. The van der Waals surface area contributed by atoms with Gasteiger partial charge in [-0.05, 0) is 49.8 Å². The van der Waals surface area contributed by atoms with Gasteiger partial charge in [0.05, 0.1) is 23.7 Å². The molecule has 2 aliphatic rings. The van der Waals surface area contributed by atoms with Crippen LogP contribution in [0, 0.1) is 5.92 Å². The van der Waals surface area contributed by atoms with Gasteiger partial charge in [-0.3, -0.25) is 14.5 Å². The number of carbonyl (C=O) groups excluding carboxylic acids is 2. The van der Waals surface area contributed by atoms with Gasteiger partial charge in [-0.15, -0.1) is 0 Å². The van der Waals surface area contributed by atoms with Crippen LogP contribution in [0.15, 0.2) is 24.5 Å². The van der Waals surface area contributed by atoms with E-state index in [-0.39, 0.29) is 35.6 Å². The van der Waals surface area contributed by atoms with Crippen LogP contribution >= 0.6 is 0 Å². The van der Waals surface area contributed by atoms with Crippen LogP contribution in [-0.4, -0.2) is 65.4 Å². The van der Waals surface area contributed by atoms with Gasteiger partial charge in [0.1, 0.15) is 12.1 Å². The fourth-order valence-electron chi connectivity index (χ4n) is 4.80. The topological polar surface area (TPSA) is 99.2 Å². The second-order valence-electron chi connectivity index (χ2n) is 9.08. The van der Waals surface area contributed by atoms with Gasteiger partial charge < -0.3 is 16.0 Å². The number of nitrogens with zero attached hydrogens (tertiary/aromatic N) is 3. The number of hydrogen-bond acceptors (Lipinski definition) is 6. The number of alkyl halides is 3. The second kappa shape index (κ2) is 10.1. The molecule has 1 aromatic heterocycles. The van der Waals surface area contributed by atoms with Crippen molar-refractivity contribution in [3.05, 3.63) is 30.1 Å². The summed E-state index contributed by atoms with van der Waals surface area (Å²) in [6.07, 6.45) is 1.57. The zero-order valence-corrected chi connectivity index (χ0v) is 19.0. The third-order valence-corrected chi connectivity index (χ3v) is 6.74. The van der Waals surface area contributed by atoms with Crippen LogP contribution in [0.3, 0.4) is 0 Å². The molecule has 0 radical (unpaired) electrons. The molecule has 34 heavy (non-hydrogen) atoms. The fraction of sp³-hybridized carbons (Fsp3) is 0.565. The van der Waals surface area contributed by atoms with Crippen molar-refractivity contribution in [2.45, 2.75) is 50.4 Å². The maximum Gasteiger partial charge on any atom is 0.416 e. The minimum atomic E-state index is -4.47. The van der Waals surface area contributed by atoms with Crippen molar-refractivity contribution >= 4 is 28.5 Å². The van der Waals surface area contributed by atoms with E-state index >= 15 is 0 Å². The number of rotatable bonds is 7. The SMILES string of the molecule is CNC(=O)CC1CCC(N2CC(NC(=O)CNc3ncnc4ccc(C(F)(F)F)cc34)C2)CC1. The number of anilines is 1. The first kappa shape index (κ1) is 24.2. The third kappa shape index (κ3) is 5.75. The number of nitrogens with one attached hydrogen (secondary N) is 3. The first-order valence-corrected chi connectivity index (χ1v) is 11.5. The maximum atomic E-state index is 13.1. The molecule has 2 heterocycles. The Kier molecular flexibility index (Phi) is 7.20. The summed E-state index contributed by atoms with van der Waals surface area (Å²) in [5.41, 5.74) is -0.426. The van der Waals surface area contributed by atoms with E-state index < -0.39 is 11.7 Å². The van der Waals surface area contributed by atoms with Crippen LogP contribution in [0.5, 0.6) is 0 Å². The molecule has 1 aromatic carbocycles. The van der Waals surface area contributed by atoms with Crippen molar-refractivity contribution in [1.82, 2.24) is 25.5 Å². The summed E-state index contributed by atoms with van der Waals surface area (Å²) in [6.45, 7) is 1.47. The lowest BCUT2D eigenvalue weighted by molar-refractivity contribution is -0.137. The lowest BCUT2D eigenvalue weighted by Gasteiger charge is -2.46. The summed E-state index contributed by atoms with van der Waals surface area (Å²) >= 11 is 0. The van der Waals surface area contributed by atoms with Crippen LogP contribution in [0.4, 0.5) is 19.0 Å². The van der Waals surface area contributed by atoms with E-state index in [1.54, 1.807) is 7.05 Å². The molecule has 1 aliphatic carbocycles. The van der Waals surface area contributed by atoms with Crippen LogP contribution in [-0.2, 0) is 15.8 Å². The largest absolute Gasteiger partial charge is 0.416 e. The Morgan fingerprint density at radius 2 is 1.82 bits per heavy atom. The second-order valence-corrected chi connectivity index (χ2v) is 9.08. The van der Waals surface area contributed by atoms with Crippen molar-refractivity contribution in [2.24, 2.45) is 5.92 Å². The van der Waals surface area contributed by atoms with E-state index in [0.717, 1.165) is 50.9 Å². The monoisotopic (exact) mass is 478 g/mol. The maximum absolute atomic E-state index is 13.1. The Morgan fingerprint density at radius 3 is 2.50 bits per heavy atom. The van der Waals surface area contributed by atoms with Gasteiger partial charge in [0.15, 0.2) is 0 Å². The van der Waals surface area contributed by atoms with E-state index in [0.29, 0.717) is 23.9 Å². The third-order valence-electron chi connectivity index (χ3n) is 6.74. The summed E-state index contributed by atoms with van der Waals surface area (Å²) in [6, 6.07) is 3.80. The predicted molar refractivity (Wildman–Crippen MR) is 121 cm³/mol. The molecule has 0 bridgehead atoms. The molecule has 1 saturated carbocycles. The zero-order valence-electron chi connectivity index (χ0n) is 19.0. The predicted octanol–water partition coefficient (Wildman–Crippen LogP) is 2.56. The van der Waals surface area contributed by atoms with Crippen LogP contribution < -0.4 is 16.0 Å². The van der Waals surface area contributed by atoms with Gasteiger partial charge in [0.2, 0.25) is 11.8 Å². The molecule has 0 unspecified atom stereocenters. The van der Waals surface area contributed by atoms with Crippen molar-refractivity contribution in [1.29, 1.82) is 0 Å². The Bertz CT molecular complexity index is 1030. The number of carbonyl (C=O) groups is 2. The molecule has 2 aromatic rings. The highest BCUT2D eigenvalue weighted by Gasteiger charge is 2.35. The zero-order chi connectivity index (χ0) is 24.3. The summed E-state index contributed by atoms with van der Waals surface area (Å²) in [5.74, 6) is 0.497. The number of aromatic nitrogens is 2. The Labute approximate surface area is 195 Å². The number of benzene rings is 1. The van der Waals surface area contributed by atoms with Crippen LogP contribution in [0.2, 0.25) is 0 Å². The molecule has 3 N–H and O–H groups in total. The normalized spacial score (nSPS) is 21.6. The van der Waals surface area contributed by atoms with E-state index in [2.05, 4.69) is 30.8 Å². The number of likely N-dealkylation sites (tertiary alicyclic amines) is 1. The summed E-state index contributed by atoms with van der Waals surface area (Å²) in [7, 11) is 1.66. The minimum Gasteiger partial charge on any atom is -0.360 e. The van der Waals surface area contributed by atoms with Crippen molar-refractivity contribution in [2.75, 3.05) is 32.0 Å². The minimum absolute atomic E-state index is 0.0527. The first-order chi connectivity index (χ1) is 16.2. The Hall–Kier alpha value is -2.95. The van der Waals surface area contributed by atoms with Gasteiger partial charge in [-0.1, -0.05) is 0 Å². The highest BCUT2D eigenvalue weighted by Crippen LogP contribution is 2.33. The van der Waals surface area contributed by atoms with Crippen molar-refractivity contribution in [3.63, 3.8) is 0 Å². The molecular formula is C23H29F3N6O2. The number of amides is 2. The lowest BCUT2D eigenvalue weighted by Crippen LogP contribution is -2.63. The molecule has 4 rings (SSSR count). The highest BCUT2D eigenvalue weighted by atomic mass is 19.4. The number of halogens is 3. The quantitative estimate of drug-likeness (QED) is 0.566. The molecule has 1 saturated heterocycles. The van der Waals surface area contributed by atoms with E-state index in [1.165, 1.54) is 12.4 Å². The molecule has 0 atom stereocenters. The van der Waals surface area contributed by atoms with Gasteiger partial charge in [0, 0.05) is 38.0 Å². The van der Waals surface area contributed by atoms with Crippen molar-refractivity contribution < 1.29 is 22.8 Å². The molecule has 1 aliphatic heterocycles. The molecule has 184 valence electrons. The van der Waals surface area contributed by atoms with Crippen LogP contribution in [0.1, 0.15) is 37.7 Å². The van der Waals surface area contributed by atoms with Gasteiger partial charge in [0.25, 0.3) is 0 Å². The molecule has 2 amide bonds. The van der Waals surface area contributed by atoms with Crippen molar-refractivity contribution in [3.8, 4) is 0 Å². The van der Waals surface area contributed by atoms with E-state index in [1.807, 2.05) is 0 Å². The summed E-state index contributed by atoms with van der Waals surface area (Å²) in [4.78, 5) is 34.3. The smallest absolute Gasteiger partial charge is 0.360 e. The number of fused-ring (bicyclic) bond motifs is 1. The lowest BCUT2D eigenvalue weighted by atomic mass is 9.82. The molecular weight excluding hydrogens is 449 g/mol. The number of hydrogen-bond donors (Lipinski definition) is 3. The highest BCUT2D eigenvalue weighted by molar-refractivity contribution is 5.91. The standard InChI is InChI=1S/C23H29F3N6O2/c1-27-20(33)8-14-2-5-17(6-3-14)32-11-16(12-32)31-21(34)10-28-22-18-9-15(23(24,25)26)4-7-19(18)29-13-30-22/h4,7,9,13-14,16-17H,2-3,5-6,8,10-12H2,1H3,(H,27,33)(H,31,34)(H,28,29,30). The summed E-state index contributed by atoms with van der Waals surface area (Å²) in [5, 5.41) is 8.70. The average molecular weight is 479 g/mol. The fourth-order valence-corrected chi connectivity index (χ4v) is 4.80. The first-order valence-electron chi connectivity index (χ1n) is 11.5.